The molecule has 0 aromatic carbocycles. The first-order valence-corrected chi connectivity index (χ1v) is 7.56. The number of nitrogens with zero attached hydrogens (tertiary/aromatic N) is 1. The minimum atomic E-state index is -3.38. The van der Waals surface area contributed by atoms with Gasteiger partial charge in [-0.25, -0.2) is 18.2 Å². The number of carbonyl (C=O) groups excluding carboxylic acids is 1. The molecule has 1 aromatic heterocycles. The molecule has 0 saturated heterocycles. The van der Waals surface area contributed by atoms with E-state index in [1.165, 1.54) is 0 Å². The molecule has 1 rings (SSSR count). The van der Waals surface area contributed by atoms with Crippen LogP contribution in [0.5, 0.6) is 0 Å². The third kappa shape index (κ3) is 4.31. The summed E-state index contributed by atoms with van der Waals surface area (Å²) in [4.78, 5) is 15.9. The number of hydrogen-bond donors (Lipinski definition) is 1. The molecule has 17 heavy (non-hydrogen) atoms. The Morgan fingerprint density at radius 2 is 2.06 bits per heavy atom. The van der Waals surface area contributed by atoms with Crippen molar-refractivity contribution in [3.63, 3.8) is 0 Å². The number of anilines is 1. The molecule has 1 N–H and O–H groups in total. The van der Waals surface area contributed by atoms with Gasteiger partial charge in [-0.05, 0) is 20.8 Å². The highest BCUT2D eigenvalue weighted by Crippen LogP contribution is 2.24. The lowest BCUT2D eigenvalue weighted by Crippen LogP contribution is -2.11. The first-order chi connectivity index (χ1) is 7.69. The Hall–Kier alpha value is -1.15. The molecular formula is C9H14N2O4S2. The number of aryl methyl sites for hydroxylation is 1. The van der Waals surface area contributed by atoms with Crippen LogP contribution in [-0.2, 0) is 14.8 Å². The molecule has 0 atom stereocenters. The zero-order valence-electron chi connectivity index (χ0n) is 9.97. The number of nitrogens with one attached hydrogen (secondary N) is 1. The summed E-state index contributed by atoms with van der Waals surface area (Å²) in [5.74, 6) is -0.489. The summed E-state index contributed by atoms with van der Waals surface area (Å²) >= 11 is 0.961. The number of sulfonamides is 1. The van der Waals surface area contributed by atoms with Crippen molar-refractivity contribution in [2.24, 2.45) is 0 Å². The van der Waals surface area contributed by atoms with Gasteiger partial charge in [0.2, 0.25) is 10.0 Å². The van der Waals surface area contributed by atoms with Crippen LogP contribution in [0.1, 0.15) is 29.2 Å². The van der Waals surface area contributed by atoms with Gasteiger partial charge in [0.1, 0.15) is 4.88 Å². The summed E-state index contributed by atoms with van der Waals surface area (Å²) in [6.07, 6.45) is 0.797. The van der Waals surface area contributed by atoms with Gasteiger partial charge >= 0.3 is 5.97 Å². The number of ether oxygens (including phenoxy) is 1. The third-order valence-corrected chi connectivity index (χ3v) is 3.34. The highest BCUT2D eigenvalue weighted by atomic mass is 32.2. The summed E-state index contributed by atoms with van der Waals surface area (Å²) in [5.41, 5.74) is 0.451. The standard InChI is InChI=1S/C9H14N2O4S2/c1-5(2)15-8(12)7-6(3)10-9(16-7)11-17(4,13)14/h5H,1-4H3,(H,10,11). The second kappa shape index (κ2) is 5.01. The van der Waals surface area contributed by atoms with Gasteiger partial charge in [0.25, 0.3) is 0 Å². The molecule has 0 spiro atoms. The van der Waals surface area contributed by atoms with Crippen molar-refractivity contribution in [2.45, 2.75) is 26.9 Å². The van der Waals surface area contributed by atoms with Gasteiger partial charge in [-0.2, -0.15) is 0 Å². The van der Waals surface area contributed by atoms with E-state index in [2.05, 4.69) is 9.71 Å². The zero-order valence-corrected chi connectivity index (χ0v) is 11.6. The van der Waals surface area contributed by atoms with Gasteiger partial charge in [0.15, 0.2) is 5.13 Å². The van der Waals surface area contributed by atoms with Gasteiger partial charge < -0.3 is 4.74 Å². The maximum atomic E-state index is 11.6. The maximum absolute atomic E-state index is 11.6. The molecule has 0 aliphatic rings. The Morgan fingerprint density at radius 3 is 2.53 bits per heavy atom. The molecule has 1 heterocycles. The third-order valence-electron chi connectivity index (χ3n) is 1.60. The second-order valence-electron chi connectivity index (χ2n) is 3.76. The summed E-state index contributed by atoms with van der Waals surface area (Å²) in [7, 11) is -3.38. The van der Waals surface area contributed by atoms with E-state index in [0.717, 1.165) is 17.6 Å². The summed E-state index contributed by atoms with van der Waals surface area (Å²) in [6.45, 7) is 5.11. The minimum absolute atomic E-state index is 0.167. The van der Waals surface area contributed by atoms with E-state index in [4.69, 9.17) is 4.74 Å². The smallest absolute Gasteiger partial charge is 0.350 e. The van der Waals surface area contributed by atoms with Gasteiger partial charge in [-0.1, -0.05) is 11.3 Å². The Kier molecular flexibility index (Phi) is 4.10. The van der Waals surface area contributed by atoms with Crippen molar-refractivity contribution in [3.8, 4) is 0 Å². The lowest BCUT2D eigenvalue weighted by Gasteiger charge is -2.05. The molecule has 0 bridgehead atoms. The zero-order chi connectivity index (χ0) is 13.2. The molecule has 0 aliphatic heterocycles. The Bertz CT molecular complexity index is 519. The highest BCUT2D eigenvalue weighted by Gasteiger charge is 2.18. The molecule has 1 aromatic rings. The van der Waals surface area contributed by atoms with Crippen molar-refractivity contribution in [2.75, 3.05) is 11.0 Å². The van der Waals surface area contributed by atoms with E-state index < -0.39 is 16.0 Å². The number of hydrogen-bond acceptors (Lipinski definition) is 6. The van der Waals surface area contributed by atoms with E-state index in [1.807, 2.05) is 0 Å². The molecule has 96 valence electrons. The van der Waals surface area contributed by atoms with Gasteiger partial charge in [0.05, 0.1) is 18.1 Å². The van der Waals surface area contributed by atoms with Crippen LogP contribution in [0.25, 0.3) is 0 Å². The molecular weight excluding hydrogens is 264 g/mol. The maximum Gasteiger partial charge on any atom is 0.350 e. The van der Waals surface area contributed by atoms with Crippen LogP contribution in [0.2, 0.25) is 0 Å². The molecule has 0 fully saturated rings. The predicted molar refractivity (Wildman–Crippen MR) is 65.9 cm³/mol. The number of carbonyl (C=O) groups is 1. The fourth-order valence-electron chi connectivity index (χ4n) is 1.06. The largest absolute Gasteiger partial charge is 0.459 e. The molecule has 6 nitrogen and oxygen atoms in total. The number of esters is 1. The number of aromatic nitrogens is 1. The van der Waals surface area contributed by atoms with Crippen LogP contribution < -0.4 is 4.72 Å². The van der Waals surface area contributed by atoms with E-state index in [0.29, 0.717) is 10.6 Å². The highest BCUT2D eigenvalue weighted by molar-refractivity contribution is 7.92. The van der Waals surface area contributed by atoms with E-state index >= 15 is 0 Å². The van der Waals surface area contributed by atoms with Crippen LogP contribution in [0.3, 0.4) is 0 Å². The van der Waals surface area contributed by atoms with Crippen LogP contribution >= 0.6 is 11.3 Å². The number of thiazole rings is 1. The Balaban J connectivity index is 2.93. The molecule has 8 heteroatoms. The first kappa shape index (κ1) is 13.9. The van der Waals surface area contributed by atoms with Crippen molar-refractivity contribution in [1.29, 1.82) is 0 Å². The van der Waals surface area contributed by atoms with Crippen LogP contribution in [-0.4, -0.2) is 31.7 Å². The minimum Gasteiger partial charge on any atom is -0.459 e. The van der Waals surface area contributed by atoms with Crippen LogP contribution in [0.15, 0.2) is 0 Å². The fourth-order valence-corrected chi connectivity index (χ4v) is 2.74. The van der Waals surface area contributed by atoms with Gasteiger partial charge in [-0.3, -0.25) is 4.72 Å². The van der Waals surface area contributed by atoms with Gasteiger partial charge in [0, 0.05) is 0 Å². The van der Waals surface area contributed by atoms with Gasteiger partial charge in [-0.15, -0.1) is 0 Å². The molecule has 0 aliphatic carbocycles. The number of rotatable bonds is 4. The van der Waals surface area contributed by atoms with Crippen molar-refractivity contribution in [3.05, 3.63) is 10.6 Å². The SMILES string of the molecule is Cc1nc(NS(C)(=O)=O)sc1C(=O)OC(C)C. The van der Waals surface area contributed by atoms with Crippen LogP contribution in [0, 0.1) is 6.92 Å². The van der Waals surface area contributed by atoms with E-state index in [9.17, 15) is 13.2 Å². The Morgan fingerprint density at radius 1 is 1.47 bits per heavy atom. The van der Waals surface area contributed by atoms with Crippen LogP contribution in [0.4, 0.5) is 5.13 Å². The molecule has 0 unspecified atom stereocenters. The summed E-state index contributed by atoms with van der Waals surface area (Å²) < 4.78 is 29.3. The molecule has 0 saturated carbocycles. The van der Waals surface area contributed by atoms with Crippen molar-refractivity contribution in [1.82, 2.24) is 4.98 Å². The normalized spacial score (nSPS) is 11.6. The molecule has 0 radical (unpaired) electrons. The Labute approximate surface area is 104 Å². The topological polar surface area (TPSA) is 85.4 Å². The summed E-state index contributed by atoms with van der Waals surface area (Å²) in [5, 5.41) is 0.167. The molecule has 0 amide bonds. The first-order valence-electron chi connectivity index (χ1n) is 4.85. The average molecular weight is 278 g/mol. The average Bonchev–Trinajstić information content (AvgIpc) is 2.41. The van der Waals surface area contributed by atoms with Crippen molar-refractivity contribution >= 4 is 32.5 Å². The lowest BCUT2D eigenvalue weighted by molar-refractivity contribution is 0.0382. The summed E-state index contributed by atoms with van der Waals surface area (Å²) in [6, 6.07) is 0. The second-order valence-corrected chi connectivity index (χ2v) is 6.51. The lowest BCUT2D eigenvalue weighted by atomic mass is 10.4. The fraction of sp³-hybridized carbons (Fsp3) is 0.556. The van der Waals surface area contributed by atoms with Crippen molar-refractivity contribution < 1.29 is 17.9 Å². The van der Waals surface area contributed by atoms with E-state index in [1.54, 1.807) is 20.8 Å². The van der Waals surface area contributed by atoms with E-state index in [-0.39, 0.29) is 11.2 Å². The monoisotopic (exact) mass is 278 g/mol. The quantitative estimate of drug-likeness (QED) is 0.841. The predicted octanol–water partition coefficient (Wildman–Crippen LogP) is 1.39.